The molecule has 0 heterocycles. The van der Waals surface area contributed by atoms with Crippen molar-refractivity contribution in [1.82, 2.24) is 5.32 Å². The second-order valence-corrected chi connectivity index (χ2v) is 4.82. The van der Waals surface area contributed by atoms with E-state index in [1.165, 1.54) is 38.5 Å². The Hall–Kier alpha value is -0.120. The predicted molar refractivity (Wildman–Crippen MR) is 68.6 cm³/mol. The largest absolute Gasteiger partial charge is 0.381 e. The van der Waals surface area contributed by atoms with Gasteiger partial charge < -0.3 is 15.8 Å². The zero-order valence-electron chi connectivity index (χ0n) is 10.5. The SMILES string of the molecule is NCCCCCCNCCCOCC1CC1. The van der Waals surface area contributed by atoms with Gasteiger partial charge in [-0.05, 0) is 57.7 Å². The minimum absolute atomic E-state index is 0.839. The van der Waals surface area contributed by atoms with Crippen LogP contribution in [0.15, 0.2) is 0 Å². The molecule has 16 heavy (non-hydrogen) atoms. The highest BCUT2D eigenvalue weighted by Crippen LogP contribution is 2.28. The Kier molecular flexibility index (Phi) is 8.77. The first-order valence-electron chi connectivity index (χ1n) is 6.92. The quantitative estimate of drug-likeness (QED) is 0.502. The Morgan fingerprint density at radius 3 is 2.50 bits per heavy atom. The highest BCUT2D eigenvalue weighted by Gasteiger charge is 2.20. The molecule has 96 valence electrons. The van der Waals surface area contributed by atoms with E-state index in [-0.39, 0.29) is 0 Å². The first-order chi connectivity index (χ1) is 7.93. The summed E-state index contributed by atoms with van der Waals surface area (Å²) in [7, 11) is 0. The minimum Gasteiger partial charge on any atom is -0.381 e. The summed E-state index contributed by atoms with van der Waals surface area (Å²) in [5.74, 6) is 0.899. The van der Waals surface area contributed by atoms with E-state index in [2.05, 4.69) is 5.32 Å². The van der Waals surface area contributed by atoms with Crippen LogP contribution in [0.25, 0.3) is 0 Å². The Bertz CT molecular complexity index is 149. The zero-order valence-corrected chi connectivity index (χ0v) is 10.5. The average molecular weight is 228 g/mol. The molecule has 1 saturated carbocycles. The number of hydrogen-bond donors (Lipinski definition) is 2. The molecular formula is C13H28N2O. The topological polar surface area (TPSA) is 47.3 Å². The van der Waals surface area contributed by atoms with Crippen LogP contribution in [0, 0.1) is 5.92 Å². The molecule has 3 nitrogen and oxygen atoms in total. The Morgan fingerprint density at radius 2 is 1.75 bits per heavy atom. The lowest BCUT2D eigenvalue weighted by molar-refractivity contribution is 0.122. The summed E-state index contributed by atoms with van der Waals surface area (Å²) in [5.41, 5.74) is 5.43. The molecule has 0 atom stereocenters. The van der Waals surface area contributed by atoms with Crippen LogP contribution in [0.4, 0.5) is 0 Å². The molecule has 0 radical (unpaired) electrons. The van der Waals surface area contributed by atoms with Crippen LogP contribution in [-0.4, -0.2) is 32.8 Å². The van der Waals surface area contributed by atoms with Gasteiger partial charge in [-0.1, -0.05) is 12.8 Å². The van der Waals surface area contributed by atoms with Crippen LogP contribution in [-0.2, 0) is 4.74 Å². The normalized spacial score (nSPS) is 15.6. The summed E-state index contributed by atoms with van der Waals surface area (Å²) in [6.45, 7) is 5.01. The van der Waals surface area contributed by atoms with Crippen LogP contribution in [0.2, 0.25) is 0 Å². The second kappa shape index (κ2) is 10.1. The Balaban J connectivity index is 1.61. The maximum atomic E-state index is 5.56. The summed E-state index contributed by atoms with van der Waals surface area (Å²) in [6.07, 6.45) is 8.97. The Morgan fingerprint density at radius 1 is 1.00 bits per heavy atom. The summed E-state index contributed by atoms with van der Waals surface area (Å²) in [4.78, 5) is 0. The number of nitrogens with two attached hydrogens (primary N) is 1. The first kappa shape index (κ1) is 13.9. The van der Waals surface area contributed by atoms with Gasteiger partial charge in [-0.2, -0.15) is 0 Å². The highest BCUT2D eigenvalue weighted by molar-refractivity contribution is 4.71. The lowest BCUT2D eigenvalue weighted by Crippen LogP contribution is -2.18. The van der Waals surface area contributed by atoms with Gasteiger partial charge in [0.25, 0.3) is 0 Å². The molecule has 3 heteroatoms. The maximum absolute atomic E-state index is 5.56. The number of ether oxygens (including phenoxy) is 1. The number of rotatable bonds is 12. The lowest BCUT2D eigenvalue weighted by Gasteiger charge is -2.05. The van der Waals surface area contributed by atoms with Crippen LogP contribution < -0.4 is 11.1 Å². The Labute approximate surface area is 100 Å². The van der Waals surface area contributed by atoms with Crippen molar-refractivity contribution in [2.24, 2.45) is 11.7 Å². The van der Waals surface area contributed by atoms with Crippen LogP contribution in [0.5, 0.6) is 0 Å². The van der Waals surface area contributed by atoms with Gasteiger partial charge in [0.05, 0.1) is 0 Å². The van der Waals surface area contributed by atoms with Crippen molar-refractivity contribution in [1.29, 1.82) is 0 Å². The summed E-state index contributed by atoms with van der Waals surface area (Å²) >= 11 is 0. The molecule has 1 fully saturated rings. The van der Waals surface area contributed by atoms with Crippen molar-refractivity contribution in [2.75, 3.05) is 32.8 Å². The van der Waals surface area contributed by atoms with Crippen LogP contribution in [0.3, 0.4) is 0 Å². The minimum atomic E-state index is 0.839. The van der Waals surface area contributed by atoms with Crippen molar-refractivity contribution < 1.29 is 4.74 Å². The van der Waals surface area contributed by atoms with Crippen molar-refractivity contribution in [3.63, 3.8) is 0 Å². The number of hydrogen-bond acceptors (Lipinski definition) is 3. The molecule has 0 amide bonds. The van der Waals surface area contributed by atoms with Crippen molar-refractivity contribution >= 4 is 0 Å². The molecule has 0 unspecified atom stereocenters. The average Bonchev–Trinajstić information content (AvgIpc) is 3.10. The van der Waals surface area contributed by atoms with Crippen molar-refractivity contribution in [3.8, 4) is 0 Å². The fraction of sp³-hybridized carbons (Fsp3) is 1.00. The van der Waals surface area contributed by atoms with E-state index in [1.807, 2.05) is 0 Å². The van der Waals surface area contributed by atoms with Crippen molar-refractivity contribution in [2.45, 2.75) is 44.9 Å². The fourth-order valence-electron chi connectivity index (χ4n) is 1.71. The van der Waals surface area contributed by atoms with Gasteiger partial charge in [0, 0.05) is 13.2 Å². The smallest absolute Gasteiger partial charge is 0.0494 e. The molecule has 0 bridgehead atoms. The van der Waals surface area contributed by atoms with E-state index in [4.69, 9.17) is 10.5 Å². The molecule has 0 aromatic heterocycles. The molecule has 0 saturated heterocycles. The van der Waals surface area contributed by atoms with E-state index < -0.39 is 0 Å². The second-order valence-electron chi connectivity index (χ2n) is 4.82. The summed E-state index contributed by atoms with van der Waals surface area (Å²) in [6, 6.07) is 0. The van der Waals surface area contributed by atoms with Crippen molar-refractivity contribution in [3.05, 3.63) is 0 Å². The van der Waals surface area contributed by atoms with Gasteiger partial charge in [-0.15, -0.1) is 0 Å². The summed E-state index contributed by atoms with van der Waals surface area (Å²) in [5, 5.41) is 3.45. The maximum Gasteiger partial charge on any atom is 0.0494 e. The van der Waals surface area contributed by atoms with Gasteiger partial charge in [0.2, 0.25) is 0 Å². The molecule has 1 aliphatic rings. The van der Waals surface area contributed by atoms with E-state index in [1.54, 1.807) is 0 Å². The van der Waals surface area contributed by atoms with Crippen LogP contribution in [0.1, 0.15) is 44.9 Å². The molecule has 1 rings (SSSR count). The molecule has 3 N–H and O–H groups in total. The molecule has 0 spiro atoms. The third-order valence-electron chi connectivity index (χ3n) is 3.00. The summed E-state index contributed by atoms with van der Waals surface area (Å²) < 4.78 is 5.56. The van der Waals surface area contributed by atoms with Crippen LogP contribution >= 0.6 is 0 Å². The molecule has 1 aliphatic carbocycles. The molecular weight excluding hydrogens is 200 g/mol. The highest BCUT2D eigenvalue weighted by atomic mass is 16.5. The predicted octanol–water partition coefficient (Wildman–Crippen LogP) is 1.91. The first-order valence-corrected chi connectivity index (χ1v) is 6.92. The third-order valence-corrected chi connectivity index (χ3v) is 3.00. The molecule has 0 aromatic rings. The lowest BCUT2D eigenvalue weighted by atomic mass is 10.2. The monoisotopic (exact) mass is 228 g/mol. The van der Waals surface area contributed by atoms with E-state index in [0.29, 0.717) is 0 Å². The van der Waals surface area contributed by atoms with E-state index in [9.17, 15) is 0 Å². The standard InChI is InChI=1S/C13H28N2O/c14-8-3-1-2-4-9-15-10-5-11-16-12-13-6-7-13/h13,15H,1-12,14H2. The molecule has 0 aliphatic heterocycles. The van der Waals surface area contributed by atoms with E-state index >= 15 is 0 Å². The number of unbranched alkanes of at least 4 members (excludes halogenated alkanes) is 3. The number of nitrogens with one attached hydrogen (secondary N) is 1. The zero-order chi connectivity index (χ0) is 11.5. The van der Waals surface area contributed by atoms with Gasteiger partial charge >= 0.3 is 0 Å². The van der Waals surface area contributed by atoms with Gasteiger partial charge in [-0.3, -0.25) is 0 Å². The van der Waals surface area contributed by atoms with E-state index in [0.717, 1.165) is 45.2 Å². The third kappa shape index (κ3) is 9.13. The molecule has 0 aromatic carbocycles. The fourth-order valence-corrected chi connectivity index (χ4v) is 1.71. The van der Waals surface area contributed by atoms with Gasteiger partial charge in [-0.25, -0.2) is 0 Å². The van der Waals surface area contributed by atoms with Gasteiger partial charge in [0.15, 0.2) is 0 Å². The van der Waals surface area contributed by atoms with Gasteiger partial charge in [0.1, 0.15) is 0 Å².